The van der Waals surface area contributed by atoms with Gasteiger partial charge in [-0.25, -0.2) is 12.7 Å². The molecule has 2 aromatic rings. The normalized spacial score (nSPS) is 16.2. The van der Waals surface area contributed by atoms with Crippen molar-refractivity contribution in [3.05, 3.63) is 63.0 Å². The number of hydrogen-bond acceptors (Lipinski definition) is 3. The average molecular weight is 516 g/mol. The fourth-order valence-electron chi connectivity index (χ4n) is 3.10. The molecule has 3 rings (SSSR count). The molecule has 0 aliphatic carbocycles. The highest BCUT2D eigenvalue weighted by Crippen LogP contribution is 2.24. The van der Waals surface area contributed by atoms with Gasteiger partial charge in [-0.15, -0.1) is 0 Å². The van der Waals surface area contributed by atoms with Crippen LogP contribution in [-0.2, 0) is 20.6 Å². The molecule has 0 spiro atoms. The third kappa shape index (κ3) is 5.63. The minimum Gasteiger partial charge on any atom is -0.326 e. The number of nitrogens with zero attached hydrogens (tertiary/aromatic N) is 1. The highest BCUT2D eigenvalue weighted by Gasteiger charge is 2.31. The summed E-state index contributed by atoms with van der Waals surface area (Å²) in [5.41, 5.74) is 1.49. The number of carbonyl (C=O) groups excluding carboxylic acids is 1. The zero-order chi connectivity index (χ0) is 19.4. The first kappa shape index (κ1) is 20.5. The summed E-state index contributed by atoms with van der Waals surface area (Å²) < 4.78 is 28.6. The molecule has 1 aliphatic rings. The Morgan fingerprint density at radius 3 is 2.33 bits per heavy atom. The van der Waals surface area contributed by atoms with E-state index < -0.39 is 10.0 Å². The van der Waals surface area contributed by atoms with Crippen LogP contribution < -0.4 is 5.32 Å². The Morgan fingerprint density at radius 2 is 1.70 bits per heavy atom. The second kappa shape index (κ2) is 8.86. The first-order chi connectivity index (χ1) is 12.8. The third-order valence-electron chi connectivity index (χ3n) is 4.57. The van der Waals surface area contributed by atoms with Crippen LogP contribution in [0.15, 0.2) is 57.5 Å². The van der Waals surface area contributed by atoms with Crippen molar-refractivity contribution in [1.82, 2.24) is 4.31 Å². The monoisotopic (exact) mass is 514 g/mol. The van der Waals surface area contributed by atoms with Crippen LogP contribution in [0.1, 0.15) is 18.4 Å². The Hall–Kier alpha value is -1.22. The summed E-state index contributed by atoms with van der Waals surface area (Å²) in [6, 6.07) is 14.7. The molecule has 5 nitrogen and oxygen atoms in total. The van der Waals surface area contributed by atoms with E-state index in [1.165, 1.54) is 4.31 Å². The van der Waals surface area contributed by atoms with Crippen LogP contribution >= 0.6 is 31.9 Å². The molecular weight excluding hydrogens is 496 g/mol. The Labute approximate surface area is 176 Å². The van der Waals surface area contributed by atoms with Crippen LogP contribution in [0.3, 0.4) is 0 Å². The topological polar surface area (TPSA) is 66.5 Å². The summed E-state index contributed by atoms with van der Waals surface area (Å²) in [5, 5.41) is 2.91. The molecule has 0 bridgehead atoms. The number of sulfonamides is 1. The Morgan fingerprint density at radius 1 is 1.04 bits per heavy atom. The van der Waals surface area contributed by atoms with Crippen molar-refractivity contribution in [2.45, 2.75) is 18.6 Å². The lowest BCUT2D eigenvalue weighted by atomic mass is 9.97. The minimum atomic E-state index is -3.39. The van der Waals surface area contributed by atoms with Gasteiger partial charge in [0, 0.05) is 33.6 Å². The van der Waals surface area contributed by atoms with Gasteiger partial charge in [0.15, 0.2) is 0 Å². The van der Waals surface area contributed by atoms with Gasteiger partial charge in [-0.1, -0.05) is 44.0 Å². The van der Waals surface area contributed by atoms with Crippen LogP contribution in [-0.4, -0.2) is 31.7 Å². The molecule has 27 heavy (non-hydrogen) atoms. The standard InChI is InChI=1S/C19H20Br2N2O3S/c20-16-4-6-18(7-5-16)22-19(24)15-8-10-23(11-9-15)27(25,26)13-14-2-1-3-17(21)12-14/h1-7,12,15H,8-11,13H2,(H,22,24). The number of benzene rings is 2. The molecule has 2 aromatic carbocycles. The molecule has 1 N–H and O–H groups in total. The van der Waals surface area contributed by atoms with E-state index in [0.717, 1.165) is 20.2 Å². The van der Waals surface area contributed by atoms with Crippen molar-refractivity contribution in [3.8, 4) is 0 Å². The van der Waals surface area contributed by atoms with E-state index in [9.17, 15) is 13.2 Å². The van der Waals surface area contributed by atoms with E-state index in [4.69, 9.17) is 0 Å². The smallest absolute Gasteiger partial charge is 0.227 e. The molecule has 0 radical (unpaired) electrons. The van der Waals surface area contributed by atoms with Crippen molar-refractivity contribution < 1.29 is 13.2 Å². The van der Waals surface area contributed by atoms with Gasteiger partial charge in [0.05, 0.1) is 5.75 Å². The molecular formula is C19H20Br2N2O3S. The van der Waals surface area contributed by atoms with Gasteiger partial charge in [-0.2, -0.15) is 0 Å². The quantitative estimate of drug-likeness (QED) is 0.642. The second-order valence-electron chi connectivity index (χ2n) is 6.56. The number of halogens is 2. The number of hydrogen-bond donors (Lipinski definition) is 1. The van der Waals surface area contributed by atoms with E-state index >= 15 is 0 Å². The highest BCUT2D eigenvalue weighted by molar-refractivity contribution is 9.10. The summed E-state index contributed by atoms with van der Waals surface area (Å²) in [6.07, 6.45) is 1.06. The maximum atomic E-state index is 12.7. The number of piperidine rings is 1. The predicted octanol–water partition coefficient (Wildman–Crippen LogP) is 4.39. The summed E-state index contributed by atoms with van der Waals surface area (Å²) in [4.78, 5) is 12.4. The van der Waals surface area contributed by atoms with Crippen molar-refractivity contribution in [2.75, 3.05) is 18.4 Å². The molecule has 1 aliphatic heterocycles. The largest absolute Gasteiger partial charge is 0.326 e. The molecule has 0 saturated carbocycles. The number of rotatable bonds is 5. The van der Waals surface area contributed by atoms with E-state index in [-0.39, 0.29) is 17.6 Å². The van der Waals surface area contributed by atoms with Gasteiger partial charge < -0.3 is 5.32 Å². The first-order valence-corrected chi connectivity index (χ1v) is 11.8. The zero-order valence-electron chi connectivity index (χ0n) is 14.6. The van der Waals surface area contributed by atoms with E-state index in [1.54, 1.807) is 6.07 Å². The summed E-state index contributed by atoms with van der Waals surface area (Å²) >= 11 is 6.73. The number of carbonyl (C=O) groups is 1. The second-order valence-corrected chi connectivity index (χ2v) is 10.4. The SMILES string of the molecule is O=C(Nc1ccc(Br)cc1)C1CCN(S(=O)(=O)Cc2cccc(Br)c2)CC1. The molecule has 0 aromatic heterocycles. The van der Waals surface area contributed by atoms with Crippen LogP contribution in [0, 0.1) is 5.92 Å². The first-order valence-electron chi connectivity index (χ1n) is 8.62. The van der Waals surface area contributed by atoms with Gasteiger partial charge in [0.25, 0.3) is 0 Å². The highest BCUT2D eigenvalue weighted by atomic mass is 79.9. The van der Waals surface area contributed by atoms with Gasteiger partial charge in [0.2, 0.25) is 15.9 Å². The predicted molar refractivity (Wildman–Crippen MR) is 114 cm³/mol. The fraction of sp³-hybridized carbons (Fsp3) is 0.316. The minimum absolute atomic E-state index is 0.0256. The van der Waals surface area contributed by atoms with E-state index in [0.29, 0.717) is 25.9 Å². The summed E-state index contributed by atoms with van der Waals surface area (Å²) in [6.45, 7) is 0.740. The maximum absolute atomic E-state index is 12.7. The Bertz CT molecular complexity index is 909. The van der Waals surface area contributed by atoms with E-state index in [2.05, 4.69) is 37.2 Å². The van der Waals surface area contributed by atoms with E-state index in [1.807, 2.05) is 42.5 Å². The van der Waals surface area contributed by atoms with Crippen molar-refractivity contribution in [1.29, 1.82) is 0 Å². The van der Waals surface area contributed by atoms with Crippen molar-refractivity contribution >= 4 is 53.5 Å². The van der Waals surface area contributed by atoms with Gasteiger partial charge >= 0.3 is 0 Å². The molecule has 0 unspecified atom stereocenters. The molecule has 0 atom stereocenters. The van der Waals surface area contributed by atoms with Gasteiger partial charge in [0.1, 0.15) is 0 Å². The molecule has 1 amide bonds. The van der Waals surface area contributed by atoms with Gasteiger partial charge in [-0.05, 0) is 54.8 Å². The lowest BCUT2D eigenvalue weighted by Crippen LogP contribution is -2.41. The van der Waals surface area contributed by atoms with Crippen LogP contribution in [0.25, 0.3) is 0 Å². The Kier molecular flexibility index (Phi) is 6.73. The van der Waals surface area contributed by atoms with Crippen LogP contribution in [0.4, 0.5) is 5.69 Å². The number of anilines is 1. The molecule has 144 valence electrons. The zero-order valence-corrected chi connectivity index (χ0v) is 18.6. The van der Waals surface area contributed by atoms with Crippen LogP contribution in [0.5, 0.6) is 0 Å². The summed E-state index contributed by atoms with van der Waals surface area (Å²) in [5.74, 6) is -0.255. The van der Waals surface area contributed by atoms with Gasteiger partial charge in [-0.3, -0.25) is 4.79 Å². The average Bonchev–Trinajstić information content (AvgIpc) is 2.63. The fourth-order valence-corrected chi connectivity index (χ4v) is 5.36. The summed E-state index contributed by atoms with van der Waals surface area (Å²) in [7, 11) is -3.39. The van der Waals surface area contributed by atoms with Crippen molar-refractivity contribution in [3.63, 3.8) is 0 Å². The number of nitrogens with one attached hydrogen (secondary N) is 1. The van der Waals surface area contributed by atoms with Crippen molar-refractivity contribution in [2.24, 2.45) is 5.92 Å². The lowest BCUT2D eigenvalue weighted by molar-refractivity contribution is -0.120. The molecule has 1 heterocycles. The third-order valence-corrected chi connectivity index (χ3v) is 7.44. The van der Waals surface area contributed by atoms with Crippen LogP contribution in [0.2, 0.25) is 0 Å². The maximum Gasteiger partial charge on any atom is 0.227 e. The molecule has 1 saturated heterocycles. The number of amides is 1. The molecule has 1 fully saturated rings. The Balaban J connectivity index is 1.56. The lowest BCUT2D eigenvalue weighted by Gasteiger charge is -2.30. The molecule has 8 heteroatoms.